The summed E-state index contributed by atoms with van der Waals surface area (Å²) in [6.45, 7) is 5.55. The zero-order valence-electron chi connectivity index (χ0n) is 17.3. The number of phenolic OH excluding ortho intramolecular Hbond substituents is 1. The fourth-order valence-electron chi connectivity index (χ4n) is 3.52. The van der Waals surface area contributed by atoms with Crippen molar-refractivity contribution in [3.05, 3.63) is 76.5 Å². The monoisotopic (exact) mass is 394 g/mol. The van der Waals surface area contributed by atoms with Crippen LogP contribution in [0, 0.1) is 12.8 Å². The van der Waals surface area contributed by atoms with Crippen molar-refractivity contribution in [1.29, 1.82) is 0 Å². The Balaban J connectivity index is 1.66. The van der Waals surface area contributed by atoms with E-state index in [-0.39, 0.29) is 23.4 Å². The van der Waals surface area contributed by atoms with Crippen LogP contribution in [0.15, 0.2) is 65.4 Å². The summed E-state index contributed by atoms with van der Waals surface area (Å²) >= 11 is 0. The SMILES string of the molecule is Cc1cc([C@@H](C)NC(=O)/C(N)=C/C=C2/C=C(C(C)(O)C3CC3)C=CC2)ccc1O. The molecular weight excluding hydrogens is 364 g/mol. The molecule has 0 spiro atoms. The van der Waals surface area contributed by atoms with E-state index in [1.165, 1.54) is 0 Å². The van der Waals surface area contributed by atoms with Crippen molar-refractivity contribution >= 4 is 5.91 Å². The third kappa shape index (κ3) is 4.98. The van der Waals surface area contributed by atoms with E-state index in [0.717, 1.165) is 41.5 Å². The summed E-state index contributed by atoms with van der Waals surface area (Å²) in [4.78, 5) is 12.4. The minimum absolute atomic E-state index is 0.123. The Labute approximate surface area is 172 Å². The first kappa shape index (κ1) is 20.9. The van der Waals surface area contributed by atoms with Gasteiger partial charge in [0.25, 0.3) is 5.91 Å². The average molecular weight is 395 g/mol. The number of hydrogen-bond acceptors (Lipinski definition) is 4. The second kappa shape index (κ2) is 8.29. The minimum Gasteiger partial charge on any atom is -0.508 e. The van der Waals surface area contributed by atoms with Gasteiger partial charge < -0.3 is 21.3 Å². The number of allylic oxidation sites excluding steroid dienone is 5. The van der Waals surface area contributed by atoms with Gasteiger partial charge in [-0.05, 0) is 80.4 Å². The van der Waals surface area contributed by atoms with Gasteiger partial charge >= 0.3 is 0 Å². The average Bonchev–Trinajstić information content (AvgIpc) is 3.54. The number of carbonyl (C=O) groups is 1. The molecule has 2 atom stereocenters. The van der Waals surface area contributed by atoms with E-state index in [1.807, 2.05) is 51.1 Å². The van der Waals surface area contributed by atoms with Gasteiger partial charge in [0.2, 0.25) is 0 Å². The lowest BCUT2D eigenvalue weighted by Gasteiger charge is -2.26. The van der Waals surface area contributed by atoms with Gasteiger partial charge in [-0.15, -0.1) is 0 Å². The predicted molar refractivity (Wildman–Crippen MR) is 115 cm³/mol. The first-order valence-corrected chi connectivity index (χ1v) is 10.1. The van der Waals surface area contributed by atoms with Gasteiger partial charge in [0.15, 0.2) is 0 Å². The maximum atomic E-state index is 12.4. The molecule has 5 heteroatoms. The van der Waals surface area contributed by atoms with E-state index in [4.69, 9.17) is 5.73 Å². The van der Waals surface area contributed by atoms with Crippen molar-refractivity contribution in [2.45, 2.75) is 51.7 Å². The highest BCUT2D eigenvalue weighted by atomic mass is 16.3. The quantitative estimate of drug-likeness (QED) is 0.553. The van der Waals surface area contributed by atoms with Crippen LogP contribution in [-0.2, 0) is 4.79 Å². The smallest absolute Gasteiger partial charge is 0.267 e. The van der Waals surface area contributed by atoms with Gasteiger partial charge in [-0.25, -0.2) is 0 Å². The van der Waals surface area contributed by atoms with Crippen molar-refractivity contribution in [3.63, 3.8) is 0 Å². The number of hydrogen-bond donors (Lipinski definition) is 4. The molecule has 1 fully saturated rings. The zero-order chi connectivity index (χ0) is 21.2. The highest BCUT2D eigenvalue weighted by molar-refractivity contribution is 5.93. The topological polar surface area (TPSA) is 95.6 Å². The molecule has 5 nitrogen and oxygen atoms in total. The number of benzene rings is 1. The van der Waals surface area contributed by atoms with Crippen molar-refractivity contribution < 1.29 is 15.0 Å². The summed E-state index contributed by atoms with van der Waals surface area (Å²) in [6, 6.07) is 5.00. The molecule has 2 aliphatic carbocycles. The molecule has 0 bridgehead atoms. The van der Waals surface area contributed by atoms with Crippen LogP contribution in [0.1, 0.15) is 50.3 Å². The lowest BCUT2D eigenvalue weighted by atomic mass is 9.86. The van der Waals surface area contributed by atoms with Gasteiger partial charge in [-0.3, -0.25) is 4.79 Å². The van der Waals surface area contributed by atoms with Crippen LogP contribution in [0.5, 0.6) is 5.75 Å². The molecule has 1 aromatic carbocycles. The lowest BCUT2D eigenvalue weighted by molar-refractivity contribution is -0.118. The maximum absolute atomic E-state index is 12.4. The van der Waals surface area contributed by atoms with Crippen LogP contribution in [-0.4, -0.2) is 21.7 Å². The molecule has 1 saturated carbocycles. The largest absolute Gasteiger partial charge is 0.508 e. The third-order valence-corrected chi connectivity index (χ3v) is 5.76. The Morgan fingerprint density at radius 3 is 2.76 bits per heavy atom. The van der Waals surface area contributed by atoms with Gasteiger partial charge in [-0.2, -0.15) is 0 Å². The maximum Gasteiger partial charge on any atom is 0.267 e. The second-order valence-corrected chi connectivity index (χ2v) is 8.23. The summed E-state index contributed by atoms with van der Waals surface area (Å²) in [6.07, 6.45) is 12.3. The molecule has 0 radical (unpaired) electrons. The molecule has 0 aromatic heterocycles. The zero-order valence-corrected chi connectivity index (χ0v) is 17.3. The molecule has 0 saturated heterocycles. The molecule has 3 rings (SSSR count). The molecule has 29 heavy (non-hydrogen) atoms. The van der Waals surface area contributed by atoms with E-state index in [1.54, 1.807) is 18.2 Å². The Bertz CT molecular complexity index is 918. The van der Waals surface area contributed by atoms with E-state index in [0.29, 0.717) is 5.92 Å². The highest BCUT2D eigenvalue weighted by Gasteiger charge is 2.42. The Kier molecular flexibility index (Phi) is 5.99. The summed E-state index contributed by atoms with van der Waals surface area (Å²) in [5.41, 5.74) is 8.85. The van der Waals surface area contributed by atoms with Crippen LogP contribution < -0.4 is 11.1 Å². The molecule has 154 valence electrons. The van der Waals surface area contributed by atoms with Crippen LogP contribution in [0.3, 0.4) is 0 Å². The Morgan fingerprint density at radius 2 is 2.10 bits per heavy atom. The van der Waals surface area contributed by atoms with Gasteiger partial charge in [0.05, 0.1) is 17.3 Å². The standard InChI is InChI=1S/C24H30N2O3/c1-15-13-18(8-12-22(15)27)16(2)26-23(28)21(25)11-7-17-5-4-6-20(14-17)24(3,29)19-9-10-19/h4,6-8,11-14,16,19,27,29H,5,9-10,25H2,1-3H3,(H,26,28)/b17-7+,21-11-/t16-,24?/m1/s1. The van der Waals surface area contributed by atoms with Crippen molar-refractivity contribution in [1.82, 2.24) is 5.32 Å². The van der Waals surface area contributed by atoms with E-state index in [2.05, 4.69) is 5.32 Å². The van der Waals surface area contributed by atoms with Crippen LogP contribution in [0.2, 0.25) is 0 Å². The molecule has 2 aliphatic rings. The number of amides is 1. The number of aryl methyl sites for hydroxylation is 1. The summed E-state index contributed by atoms with van der Waals surface area (Å²) in [5, 5.41) is 23.3. The van der Waals surface area contributed by atoms with Gasteiger partial charge in [0.1, 0.15) is 5.75 Å². The number of nitrogens with one attached hydrogen (secondary N) is 1. The number of rotatable bonds is 6. The molecule has 1 aromatic rings. The van der Waals surface area contributed by atoms with E-state index >= 15 is 0 Å². The molecule has 0 aliphatic heterocycles. The molecular formula is C24H30N2O3. The lowest BCUT2D eigenvalue weighted by Crippen LogP contribution is -2.31. The van der Waals surface area contributed by atoms with Crippen LogP contribution in [0.25, 0.3) is 0 Å². The first-order valence-electron chi connectivity index (χ1n) is 10.1. The van der Waals surface area contributed by atoms with Gasteiger partial charge in [-0.1, -0.05) is 36.4 Å². The van der Waals surface area contributed by atoms with Gasteiger partial charge in [0, 0.05) is 0 Å². The molecule has 1 unspecified atom stereocenters. The second-order valence-electron chi connectivity index (χ2n) is 8.23. The van der Waals surface area contributed by atoms with Crippen molar-refractivity contribution in [2.24, 2.45) is 11.7 Å². The van der Waals surface area contributed by atoms with Crippen molar-refractivity contribution in [3.8, 4) is 5.75 Å². The van der Waals surface area contributed by atoms with Crippen LogP contribution in [0.4, 0.5) is 0 Å². The molecule has 0 heterocycles. The summed E-state index contributed by atoms with van der Waals surface area (Å²) in [7, 11) is 0. The normalized spacial score (nSPS) is 21.4. The summed E-state index contributed by atoms with van der Waals surface area (Å²) in [5.74, 6) is 0.211. The number of phenols is 1. The number of carbonyl (C=O) groups excluding carboxylic acids is 1. The number of nitrogens with two attached hydrogens (primary N) is 1. The fraction of sp³-hybridized carbons (Fsp3) is 0.375. The fourth-order valence-corrected chi connectivity index (χ4v) is 3.52. The summed E-state index contributed by atoms with van der Waals surface area (Å²) < 4.78 is 0. The predicted octanol–water partition coefficient (Wildman–Crippen LogP) is 3.69. The number of aromatic hydroxyl groups is 1. The number of aliphatic hydroxyl groups is 1. The minimum atomic E-state index is -0.805. The Hall–Kier alpha value is -2.79. The van der Waals surface area contributed by atoms with E-state index < -0.39 is 5.60 Å². The van der Waals surface area contributed by atoms with E-state index in [9.17, 15) is 15.0 Å². The first-order chi connectivity index (χ1) is 13.7. The van der Waals surface area contributed by atoms with Crippen LogP contribution >= 0.6 is 0 Å². The van der Waals surface area contributed by atoms with Crippen molar-refractivity contribution in [2.75, 3.05) is 0 Å². The molecule has 1 amide bonds. The highest BCUT2D eigenvalue weighted by Crippen LogP contribution is 2.44. The Morgan fingerprint density at radius 1 is 1.38 bits per heavy atom. The molecule has 5 N–H and O–H groups in total. The third-order valence-electron chi connectivity index (χ3n) is 5.76.